The topological polar surface area (TPSA) is 4.93 Å². The van der Waals surface area contributed by atoms with Gasteiger partial charge in [0.25, 0.3) is 0 Å². The van der Waals surface area contributed by atoms with Gasteiger partial charge in [0, 0.05) is 21.9 Å². The molecule has 1 nitrogen and oxygen atoms in total. The molecule has 1 heteroatoms. The Bertz CT molecular complexity index is 2690. The van der Waals surface area contributed by atoms with Crippen LogP contribution in [-0.4, -0.2) is 4.57 Å². The molecule has 0 radical (unpaired) electrons. The third-order valence-corrected chi connectivity index (χ3v) is 10.6. The van der Waals surface area contributed by atoms with Crippen LogP contribution in [0.4, 0.5) is 0 Å². The van der Waals surface area contributed by atoms with E-state index in [9.17, 15) is 0 Å². The van der Waals surface area contributed by atoms with Gasteiger partial charge in [0.2, 0.25) is 0 Å². The van der Waals surface area contributed by atoms with Crippen LogP contribution in [-0.2, 0) is 5.41 Å². The molecule has 0 fully saturated rings. The third kappa shape index (κ3) is 3.40. The van der Waals surface area contributed by atoms with Crippen LogP contribution < -0.4 is 0 Å². The van der Waals surface area contributed by atoms with Gasteiger partial charge in [-0.25, -0.2) is 0 Å². The normalized spacial score (nSPS) is 13.6. The molecule has 46 heavy (non-hydrogen) atoms. The lowest BCUT2D eigenvalue weighted by molar-refractivity contribution is 0.660. The molecular formula is C45H31N. The molecule has 0 bridgehead atoms. The van der Waals surface area contributed by atoms with Crippen molar-refractivity contribution in [1.29, 1.82) is 0 Å². The van der Waals surface area contributed by atoms with Gasteiger partial charge in [-0.2, -0.15) is 0 Å². The van der Waals surface area contributed by atoms with E-state index in [0.717, 1.165) is 0 Å². The van der Waals surface area contributed by atoms with Crippen molar-refractivity contribution in [3.63, 3.8) is 0 Å². The number of para-hydroxylation sites is 1. The lowest BCUT2D eigenvalue weighted by Gasteiger charge is -2.22. The standard InChI is InChI=1S/C45H31N/c1-45(2)41-17-9-7-15-36(41)37-23-21-30(27-42(37)45)46-43-18-10-8-16-38(43)40-26-29(20-24-44(40)46)28-19-22-35-33-13-4-3-11-31(33)32-12-5-6-14-34(32)39(35)25-28/h3-27H,1-2H3. The van der Waals surface area contributed by atoms with Crippen molar-refractivity contribution in [3.8, 4) is 27.9 Å². The number of aromatic nitrogens is 1. The van der Waals surface area contributed by atoms with Crippen molar-refractivity contribution in [2.24, 2.45) is 0 Å². The molecule has 0 saturated carbocycles. The Morgan fingerprint density at radius 2 is 0.891 bits per heavy atom. The third-order valence-electron chi connectivity index (χ3n) is 10.6. The van der Waals surface area contributed by atoms with Crippen LogP contribution in [0.2, 0.25) is 0 Å². The van der Waals surface area contributed by atoms with E-state index in [1.54, 1.807) is 0 Å². The maximum absolute atomic E-state index is 2.45. The van der Waals surface area contributed by atoms with Crippen LogP contribution in [0.5, 0.6) is 0 Å². The largest absolute Gasteiger partial charge is 0.309 e. The zero-order valence-corrected chi connectivity index (χ0v) is 25.9. The van der Waals surface area contributed by atoms with Crippen molar-refractivity contribution >= 4 is 54.1 Å². The van der Waals surface area contributed by atoms with E-state index in [1.807, 2.05) is 0 Å². The molecule has 1 aliphatic carbocycles. The van der Waals surface area contributed by atoms with Crippen LogP contribution in [0.1, 0.15) is 25.0 Å². The van der Waals surface area contributed by atoms with Gasteiger partial charge in [0.05, 0.1) is 11.0 Å². The quantitative estimate of drug-likeness (QED) is 0.178. The molecule has 1 aliphatic rings. The van der Waals surface area contributed by atoms with Crippen LogP contribution in [0, 0.1) is 0 Å². The van der Waals surface area contributed by atoms with Gasteiger partial charge in [-0.15, -0.1) is 0 Å². The minimum atomic E-state index is -0.0422. The molecule has 0 N–H and O–H groups in total. The number of benzene rings is 8. The second-order valence-electron chi connectivity index (χ2n) is 13.3. The van der Waals surface area contributed by atoms with Crippen LogP contribution in [0.25, 0.3) is 82.1 Å². The first kappa shape index (κ1) is 25.6. The van der Waals surface area contributed by atoms with Crippen molar-refractivity contribution in [2.45, 2.75) is 19.3 Å². The molecule has 0 aliphatic heterocycles. The minimum Gasteiger partial charge on any atom is -0.309 e. The Hall–Kier alpha value is -5.66. The summed E-state index contributed by atoms with van der Waals surface area (Å²) in [5.74, 6) is 0. The van der Waals surface area contributed by atoms with E-state index in [2.05, 4.69) is 170 Å². The maximum Gasteiger partial charge on any atom is 0.0541 e. The first-order valence-corrected chi connectivity index (χ1v) is 16.2. The molecule has 1 heterocycles. The summed E-state index contributed by atoms with van der Waals surface area (Å²) in [6, 6.07) is 56.4. The molecule has 0 unspecified atom stereocenters. The van der Waals surface area contributed by atoms with E-state index in [0.29, 0.717) is 0 Å². The van der Waals surface area contributed by atoms with Gasteiger partial charge in [0.15, 0.2) is 0 Å². The van der Waals surface area contributed by atoms with Gasteiger partial charge in [-0.3, -0.25) is 0 Å². The highest BCUT2D eigenvalue weighted by Gasteiger charge is 2.35. The van der Waals surface area contributed by atoms with E-state index in [1.165, 1.54) is 93.2 Å². The Morgan fingerprint density at radius 1 is 0.370 bits per heavy atom. The number of rotatable bonds is 2. The van der Waals surface area contributed by atoms with Crippen LogP contribution in [0.15, 0.2) is 152 Å². The fraction of sp³-hybridized carbons (Fsp3) is 0.0667. The summed E-state index contributed by atoms with van der Waals surface area (Å²) in [5, 5.41) is 10.4. The molecule has 1 aromatic heterocycles. The van der Waals surface area contributed by atoms with Crippen molar-refractivity contribution in [1.82, 2.24) is 4.57 Å². The fourth-order valence-electron chi connectivity index (χ4n) is 8.35. The first-order chi connectivity index (χ1) is 22.6. The van der Waals surface area contributed by atoms with E-state index in [4.69, 9.17) is 0 Å². The average molecular weight is 586 g/mol. The predicted molar refractivity (Wildman–Crippen MR) is 196 cm³/mol. The van der Waals surface area contributed by atoms with Gasteiger partial charge in [-0.05, 0) is 102 Å². The van der Waals surface area contributed by atoms with Gasteiger partial charge < -0.3 is 4.57 Å². The van der Waals surface area contributed by atoms with Crippen molar-refractivity contribution in [3.05, 3.63) is 163 Å². The van der Waals surface area contributed by atoms with Gasteiger partial charge in [0.1, 0.15) is 0 Å². The predicted octanol–water partition coefficient (Wildman–Crippen LogP) is 12.2. The summed E-state index contributed by atoms with van der Waals surface area (Å²) in [4.78, 5) is 0. The number of fused-ring (bicyclic) bond motifs is 12. The fourth-order valence-corrected chi connectivity index (χ4v) is 8.35. The van der Waals surface area contributed by atoms with Crippen molar-refractivity contribution in [2.75, 3.05) is 0 Å². The lowest BCUT2D eigenvalue weighted by Crippen LogP contribution is -2.15. The Morgan fingerprint density at radius 3 is 1.63 bits per heavy atom. The van der Waals surface area contributed by atoms with E-state index < -0.39 is 0 Å². The minimum absolute atomic E-state index is 0.0422. The van der Waals surface area contributed by atoms with Gasteiger partial charge in [-0.1, -0.05) is 129 Å². The van der Waals surface area contributed by atoms with Crippen LogP contribution in [0.3, 0.4) is 0 Å². The second kappa shape index (κ2) is 9.19. The van der Waals surface area contributed by atoms with E-state index >= 15 is 0 Å². The average Bonchev–Trinajstić information content (AvgIpc) is 3.56. The number of hydrogen-bond donors (Lipinski definition) is 0. The number of hydrogen-bond acceptors (Lipinski definition) is 0. The summed E-state index contributed by atoms with van der Waals surface area (Å²) in [7, 11) is 0. The zero-order valence-electron chi connectivity index (χ0n) is 25.9. The summed E-state index contributed by atoms with van der Waals surface area (Å²) in [5.41, 5.74) is 11.6. The second-order valence-corrected chi connectivity index (χ2v) is 13.3. The molecule has 9 aromatic rings. The summed E-state index contributed by atoms with van der Waals surface area (Å²) >= 11 is 0. The highest BCUT2D eigenvalue weighted by molar-refractivity contribution is 6.25. The zero-order chi connectivity index (χ0) is 30.6. The summed E-state index contributed by atoms with van der Waals surface area (Å²) in [6.45, 7) is 4.71. The number of nitrogens with zero attached hydrogens (tertiary/aromatic N) is 1. The smallest absolute Gasteiger partial charge is 0.0541 e. The van der Waals surface area contributed by atoms with E-state index in [-0.39, 0.29) is 5.41 Å². The molecule has 0 saturated heterocycles. The van der Waals surface area contributed by atoms with Crippen LogP contribution >= 0.6 is 0 Å². The molecule has 216 valence electrons. The molecular weight excluding hydrogens is 555 g/mol. The lowest BCUT2D eigenvalue weighted by atomic mass is 9.82. The monoisotopic (exact) mass is 585 g/mol. The molecule has 0 amide bonds. The Labute approximate surface area is 268 Å². The summed E-state index contributed by atoms with van der Waals surface area (Å²) < 4.78 is 2.45. The SMILES string of the molecule is CC1(C)c2ccccc2-c2ccc(-n3c4ccccc4c4cc(-c5ccc6c7ccccc7c7ccccc7c6c5)ccc43)cc21. The summed E-state index contributed by atoms with van der Waals surface area (Å²) in [6.07, 6.45) is 0. The molecule has 0 spiro atoms. The van der Waals surface area contributed by atoms with Gasteiger partial charge >= 0.3 is 0 Å². The Kier molecular flexibility index (Phi) is 5.12. The molecule has 0 atom stereocenters. The first-order valence-electron chi connectivity index (χ1n) is 16.2. The highest BCUT2D eigenvalue weighted by atomic mass is 15.0. The maximum atomic E-state index is 2.45. The molecule has 10 rings (SSSR count). The Balaban J connectivity index is 1.18. The molecule has 8 aromatic carbocycles. The van der Waals surface area contributed by atoms with Crippen molar-refractivity contribution < 1.29 is 0 Å². The highest BCUT2D eigenvalue weighted by Crippen LogP contribution is 2.49.